The molecule has 0 saturated carbocycles. The predicted octanol–water partition coefficient (Wildman–Crippen LogP) is 2.01. The Labute approximate surface area is 197 Å². The number of nitriles is 1. The molecule has 11 heteroatoms. The van der Waals surface area contributed by atoms with Crippen molar-refractivity contribution in [1.29, 1.82) is 5.26 Å². The van der Waals surface area contributed by atoms with Gasteiger partial charge in [0.05, 0.1) is 18.9 Å². The van der Waals surface area contributed by atoms with E-state index in [1.165, 1.54) is 0 Å². The summed E-state index contributed by atoms with van der Waals surface area (Å²) in [5.41, 5.74) is 1.98. The number of carbonyl (C=O) groups excluding carboxylic acids is 1. The van der Waals surface area contributed by atoms with E-state index in [0.717, 1.165) is 22.3 Å². The van der Waals surface area contributed by atoms with Crippen LogP contribution in [0, 0.1) is 11.3 Å². The number of benzene rings is 2. The van der Waals surface area contributed by atoms with Gasteiger partial charge >= 0.3 is 16.2 Å². The first-order valence-electron chi connectivity index (χ1n) is 10.5. The second kappa shape index (κ2) is 11.0. The van der Waals surface area contributed by atoms with Crippen LogP contribution >= 0.6 is 0 Å². The normalized spacial score (nSPS) is 17.2. The summed E-state index contributed by atoms with van der Waals surface area (Å²) >= 11 is 0. The quantitative estimate of drug-likeness (QED) is 0.564. The highest BCUT2D eigenvalue weighted by atomic mass is 32.2. The van der Waals surface area contributed by atoms with E-state index in [9.17, 15) is 28.4 Å². The van der Waals surface area contributed by atoms with Crippen molar-refractivity contribution in [2.45, 2.75) is 25.0 Å². The first-order chi connectivity index (χ1) is 16.2. The maximum atomic E-state index is 12.7. The lowest BCUT2D eigenvalue weighted by Crippen LogP contribution is -2.47. The molecule has 1 heterocycles. The Balaban J connectivity index is 1.79. The maximum absolute atomic E-state index is 12.7. The highest BCUT2D eigenvalue weighted by molar-refractivity contribution is 7.86. The summed E-state index contributed by atoms with van der Waals surface area (Å²) in [6.07, 6.45) is -0.856. The fourth-order valence-electron chi connectivity index (χ4n) is 3.55. The van der Waals surface area contributed by atoms with E-state index in [-0.39, 0.29) is 31.9 Å². The van der Waals surface area contributed by atoms with Crippen LogP contribution in [-0.4, -0.2) is 68.5 Å². The van der Waals surface area contributed by atoms with E-state index in [2.05, 4.69) is 5.32 Å². The van der Waals surface area contributed by atoms with Gasteiger partial charge in [-0.25, -0.2) is 4.79 Å². The molecule has 34 heavy (non-hydrogen) atoms. The van der Waals surface area contributed by atoms with Gasteiger partial charge in [-0.05, 0) is 29.2 Å². The van der Waals surface area contributed by atoms with Crippen molar-refractivity contribution in [3.05, 3.63) is 54.1 Å². The number of nitrogens with zero attached hydrogens (tertiary/aromatic N) is 2. The summed E-state index contributed by atoms with van der Waals surface area (Å²) in [6, 6.07) is 15.2. The molecule has 1 aliphatic heterocycles. The lowest BCUT2D eigenvalue weighted by atomic mass is 9.99. The van der Waals surface area contributed by atoms with E-state index in [1.807, 2.05) is 36.4 Å². The zero-order valence-corrected chi connectivity index (χ0v) is 19.3. The van der Waals surface area contributed by atoms with Crippen LogP contribution in [0.4, 0.5) is 4.79 Å². The van der Waals surface area contributed by atoms with E-state index in [4.69, 9.17) is 8.92 Å². The average molecular weight is 488 g/mol. The maximum Gasteiger partial charge on any atom is 0.407 e. The third kappa shape index (κ3) is 6.94. The van der Waals surface area contributed by atoms with Gasteiger partial charge in [0.1, 0.15) is 11.8 Å². The number of hydrogen-bond donors (Lipinski definition) is 2. The zero-order valence-electron chi connectivity index (χ0n) is 18.5. The van der Waals surface area contributed by atoms with E-state index in [1.54, 1.807) is 18.2 Å². The number of ether oxygens (including phenoxy) is 1. The molecule has 0 aromatic heterocycles. The molecule has 1 aliphatic rings. The van der Waals surface area contributed by atoms with Gasteiger partial charge in [-0.1, -0.05) is 42.5 Å². The fourth-order valence-corrected chi connectivity index (χ4v) is 4.03. The molecule has 1 unspecified atom stereocenters. The van der Waals surface area contributed by atoms with Crippen LogP contribution in [0.5, 0.6) is 5.75 Å². The van der Waals surface area contributed by atoms with Gasteiger partial charge in [0.25, 0.3) is 5.91 Å². The summed E-state index contributed by atoms with van der Waals surface area (Å²) in [4.78, 5) is 25.1. The number of hydrogen-bond acceptors (Lipinski definition) is 7. The Morgan fingerprint density at radius 3 is 2.65 bits per heavy atom. The molecule has 3 rings (SSSR count). The number of carboxylic acid groups (broad SMARTS) is 1. The number of nitrogens with one attached hydrogen (secondary N) is 1. The molecule has 1 fully saturated rings. The van der Waals surface area contributed by atoms with Crippen molar-refractivity contribution in [2.75, 3.05) is 26.0 Å². The number of rotatable bonds is 7. The standard InChI is InChI=1S/C23H25N3O7S/c1-34(30,31)33-20-13-17(16-6-3-2-4-7-16)8-9-18(20)12-19(14-24)25-22(27)21-15-26(23(28)29)10-5-11-32-21/h2-4,6-9,13,19,21H,5,10-12,15H2,1H3,(H,25,27)(H,28,29)/t19?,21-/m0/s1. The van der Waals surface area contributed by atoms with E-state index < -0.39 is 34.3 Å². The van der Waals surface area contributed by atoms with Crippen LogP contribution in [0.1, 0.15) is 12.0 Å². The number of carbonyl (C=O) groups is 2. The van der Waals surface area contributed by atoms with Gasteiger partial charge in [0.15, 0.2) is 6.10 Å². The highest BCUT2D eigenvalue weighted by Gasteiger charge is 2.29. The number of amides is 2. The molecular formula is C23H25N3O7S. The Hall–Kier alpha value is -3.62. The van der Waals surface area contributed by atoms with Crippen LogP contribution < -0.4 is 9.50 Å². The van der Waals surface area contributed by atoms with Crippen LogP contribution in [0.15, 0.2) is 48.5 Å². The van der Waals surface area contributed by atoms with E-state index >= 15 is 0 Å². The molecule has 2 aromatic rings. The van der Waals surface area contributed by atoms with Crippen molar-refractivity contribution in [2.24, 2.45) is 0 Å². The summed E-state index contributed by atoms with van der Waals surface area (Å²) in [6.45, 7) is 0.320. The van der Waals surface area contributed by atoms with Crippen molar-refractivity contribution in [3.63, 3.8) is 0 Å². The molecule has 0 radical (unpaired) electrons. The monoisotopic (exact) mass is 487 g/mol. The highest BCUT2D eigenvalue weighted by Crippen LogP contribution is 2.29. The summed E-state index contributed by atoms with van der Waals surface area (Å²) in [5.74, 6) is -0.563. The Morgan fingerprint density at radius 1 is 1.26 bits per heavy atom. The molecule has 10 nitrogen and oxygen atoms in total. The molecule has 0 aliphatic carbocycles. The third-order valence-corrected chi connectivity index (χ3v) is 5.63. The second-order valence-corrected chi connectivity index (χ2v) is 9.39. The molecule has 180 valence electrons. The first kappa shape index (κ1) is 25.0. The largest absolute Gasteiger partial charge is 0.465 e. The Kier molecular flexibility index (Phi) is 8.09. The van der Waals surface area contributed by atoms with Gasteiger partial charge in [0, 0.05) is 19.6 Å². The van der Waals surface area contributed by atoms with Crippen molar-refractivity contribution >= 4 is 22.1 Å². The topological polar surface area (TPSA) is 146 Å². The molecule has 1 saturated heterocycles. The smallest absolute Gasteiger partial charge is 0.407 e. The summed E-state index contributed by atoms with van der Waals surface area (Å²) in [5, 5.41) is 21.4. The van der Waals surface area contributed by atoms with Crippen molar-refractivity contribution in [3.8, 4) is 22.9 Å². The van der Waals surface area contributed by atoms with Crippen molar-refractivity contribution in [1.82, 2.24) is 10.2 Å². The SMILES string of the molecule is CS(=O)(=O)Oc1cc(-c2ccccc2)ccc1CC(C#N)NC(=O)[C@@H]1CN(C(=O)O)CCCO1. The lowest BCUT2D eigenvalue weighted by molar-refractivity contribution is -0.133. The second-order valence-electron chi connectivity index (χ2n) is 7.81. The van der Waals surface area contributed by atoms with E-state index in [0.29, 0.717) is 12.0 Å². The lowest BCUT2D eigenvalue weighted by Gasteiger charge is -2.22. The summed E-state index contributed by atoms with van der Waals surface area (Å²) in [7, 11) is -3.85. The molecular weight excluding hydrogens is 462 g/mol. The van der Waals surface area contributed by atoms with Gasteiger partial charge in [-0.15, -0.1) is 0 Å². The first-order valence-corrected chi connectivity index (χ1v) is 12.3. The molecule has 2 amide bonds. The van der Waals surface area contributed by atoms with Gasteiger partial charge in [0.2, 0.25) is 0 Å². The molecule has 2 N–H and O–H groups in total. The zero-order chi connectivity index (χ0) is 24.7. The van der Waals surface area contributed by atoms with Gasteiger partial charge in [-0.2, -0.15) is 13.7 Å². The van der Waals surface area contributed by atoms with Crippen LogP contribution in [0.2, 0.25) is 0 Å². The Morgan fingerprint density at radius 2 is 2.00 bits per heavy atom. The minimum absolute atomic E-state index is 0.0302. The third-order valence-electron chi connectivity index (χ3n) is 5.15. The van der Waals surface area contributed by atoms with Crippen molar-refractivity contribution < 1.29 is 32.0 Å². The molecule has 0 bridgehead atoms. The van der Waals surface area contributed by atoms with Gasteiger partial charge < -0.3 is 24.2 Å². The summed E-state index contributed by atoms with van der Waals surface area (Å²) < 4.78 is 34.3. The minimum atomic E-state index is -3.85. The van der Waals surface area contributed by atoms with Crippen LogP contribution in [0.3, 0.4) is 0 Å². The Bertz CT molecular complexity index is 1180. The van der Waals surface area contributed by atoms with Crippen LogP contribution in [-0.2, 0) is 26.1 Å². The predicted molar refractivity (Wildman–Crippen MR) is 123 cm³/mol. The molecule has 0 spiro atoms. The fraction of sp³-hybridized carbons (Fsp3) is 0.348. The molecule has 2 aromatic carbocycles. The minimum Gasteiger partial charge on any atom is -0.465 e. The van der Waals surface area contributed by atoms with Crippen LogP contribution in [0.25, 0.3) is 11.1 Å². The van der Waals surface area contributed by atoms with Gasteiger partial charge in [-0.3, -0.25) is 4.79 Å². The average Bonchev–Trinajstić information content (AvgIpc) is 3.06. The molecule has 2 atom stereocenters.